The summed E-state index contributed by atoms with van der Waals surface area (Å²) in [6, 6.07) is 12.3. The van der Waals surface area contributed by atoms with E-state index in [-0.39, 0.29) is 0 Å². The smallest absolute Gasteiger partial charge is 0.122 e. The molecule has 0 unspecified atom stereocenters. The molecule has 0 aliphatic heterocycles. The molecule has 0 bridgehead atoms. The number of hydrogen-bond donors (Lipinski definition) is 1. The average molecular weight is 291 g/mol. The second-order valence-electron chi connectivity index (χ2n) is 4.52. The van der Waals surface area contributed by atoms with Crippen LogP contribution in [-0.4, -0.2) is 13.7 Å². The van der Waals surface area contributed by atoms with E-state index in [0.29, 0.717) is 13.2 Å². The number of rotatable bonds is 8. The normalized spacial score (nSPS) is 10.7. The minimum absolute atomic E-state index is 0.614. The van der Waals surface area contributed by atoms with Crippen molar-refractivity contribution in [2.24, 2.45) is 0 Å². The van der Waals surface area contributed by atoms with Gasteiger partial charge < -0.3 is 14.8 Å². The Hall–Kier alpha value is -1.36. The zero-order chi connectivity index (χ0) is 14.2. The van der Waals surface area contributed by atoms with Crippen LogP contribution in [0.4, 0.5) is 0 Å². The van der Waals surface area contributed by atoms with Gasteiger partial charge >= 0.3 is 0 Å². The molecule has 1 aromatic carbocycles. The van der Waals surface area contributed by atoms with Crippen LogP contribution in [0.15, 0.2) is 36.4 Å². The fourth-order valence-electron chi connectivity index (χ4n) is 1.89. The molecule has 2 rings (SSSR count). The van der Waals surface area contributed by atoms with E-state index >= 15 is 0 Å². The first kappa shape index (κ1) is 15.0. The molecule has 0 radical (unpaired) electrons. The first-order valence-corrected chi connectivity index (χ1v) is 7.62. The Labute approximate surface area is 124 Å². The molecule has 0 amide bonds. The number of hydrogen-bond acceptors (Lipinski definition) is 4. The van der Waals surface area contributed by atoms with Gasteiger partial charge in [0.2, 0.25) is 0 Å². The van der Waals surface area contributed by atoms with E-state index in [2.05, 4.69) is 24.4 Å². The highest BCUT2D eigenvalue weighted by Crippen LogP contribution is 2.20. The molecule has 3 nitrogen and oxygen atoms in total. The van der Waals surface area contributed by atoms with Gasteiger partial charge in [-0.3, -0.25) is 0 Å². The SMILES string of the molecule is CCNCc1ccc(COc2cccc(COC)c2)s1. The van der Waals surface area contributed by atoms with Gasteiger partial charge in [0, 0.05) is 23.4 Å². The molecule has 1 heterocycles. The van der Waals surface area contributed by atoms with Crippen LogP contribution < -0.4 is 10.1 Å². The number of nitrogens with one attached hydrogen (secondary N) is 1. The van der Waals surface area contributed by atoms with Crippen molar-refractivity contribution >= 4 is 11.3 Å². The average Bonchev–Trinajstić information content (AvgIpc) is 2.92. The molecule has 2 aromatic rings. The summed E-state index contributed by atoms with van der Waals surface area (Å²) in [4.78, 5) is 2.59. The Morgan fingerprint density at radius 3 is 2.75 bits per heavy atom. The molecule has 0 atom stereocenters. The monoisotopic (exact) mass is 291 g/mol. The van der Waals surface area contributed by atoms with Crippen LogP contribution in [0.1, 0.15) is 22.2 Å². The highest BCUT2D eigenvalue weighted by atomic mass is 32.1. The van der Waals surface area contributed by atoms with Crippen molar-refractivity contribution in [3.8, 4) is 5.75 Å². The standard InChI is InChI=1S/C16H21NO2S/c1-3-17-10-15-7-8-16(20-15)12-19-14-6-4-5-13(9-14)11-18-2/h4-9,17H,3,10-12H2,1-2H3. The maximum Gasteiger partial charge on any atom is 0.122 e. The van der Waals surface area contributed by atoms with Gasteiger partial charge in [0.05, 0.1) is 6.61 Å². The van der Waals surface area contributed by atoms with Crippen LogP contribution in [0.3, 0.4) is 0 Å². The highest BCUT2D eigenvalue weighted by Gasteiger charge is 2.02. The third-order valence-electron chi connectivity index (χ3n) is 2.86. The summed E-state index contributed by atoms with van der Waals surface area (Å²) in [5, 5.41) is 3.33. The van der Waals surface area contributed by atoms with E-state index in [0.717, 1.165) is 24.4 Å². The van der Waals surface area contributed by atoms with E-state index < -0.39 is 0 Å². The van der Waals surface area contributed by atoms with E-state index in [1.807, 2.05) is 24.3 Å². The molecule has 0 aliphatic carbocycles. The third-order valence-corrected chi connectivity index (χ3v) is 3.92. The molecule has 1 N–H and O–H groups in total. The second-order valence-corrected chi connectivity index (χ2v) is 5.77. The van der Waals surface area contributed by atoms with Crippen LogP contribution >= 0.6 is 11.3 Å². The predicted octanol–water partition coefficient (Wildman–Crippen LogP) is 3.58. The molecule has 0 saturated heterocycles. The summed E-state index contributed by atoms with van der Waals surface area (Å²) < 4.78 is 11.0. The van der Waals surface area contributed by atoms with Crippen LogP contribution in [0.2, 0.25) is 0 Å². The molecule has 4 heteroatoms. The lowest BCUT2D eigenvalue weighted by Gasteiger charge is -2.06. The van der Waals surface area contributed by atoms with Crippen LogP contribution in [0.5, 0.6) is 5.75 Å². The van der Waals surface area contributed by atoms with Gasteiger partial charge in [-0.2, -0.15) is 0 Å². The molecule has 108 valence electrons. The van der Waals surface area contributed by atoms with Crippen molar-refractivity contribution < 1.29 is 9.47 Å². The lowest BCUT2D eigenvalue weighted by atomic mass is 10.2. The van der Waals surface area contributed by atoms with Gasteiger partial charge in [0.1, 0.15) is 12.4 Å². The van der Waals surface area contributed by atoms with E-state index in [9.17, 15) is 0 Å². The lowest BCUT2D eigenvalue weighted by Crippen LogP contribution is -2.10. The van der Waals surface area contributed by atoms with E-state index in [1.165, 1.54) is 9.75 Å². The predicted molar refractivity (Wildman–Crippen MR) is 83.2 cm³/mol. The molecular formula is C16H21NO2S. The zero-order valence-corrected chi connectivity index (χ0v) is 12.8. The Morgan fingerprint density at radius 2 is 1.95 bits per heavy atom. The topological polar surface area (TPSA) is 30.5 Å². The van der Waals surface area contributed by atoms with Crippen molar-refractivity contribution in [3.05, 3.63) is 51.7 Å². The minimum Gasteiger partial charge on any atom is -0.488 e. The quantitative estimate of drug-likeness (QED) is 0.806. The molecule has 20 heavy (non-hydrogen) atoms. The van der Waals surface area contributed by atoms with Gasteiger partial charge in [0.25, 0.3) is 0 Å². The van der Waals surface area contributed by atoms with Crippen molar-refractivity contribution in [1.82, 2.24) is 5.32 Å². The summed E-state index contributed by atoms with van der Waals surface area (Å²) in [5.41, 5.74) is 1.13. The van der Waals surface area contributed by atoms with Crippen molar-refractivity contribution in [2.45, 2.75) is 26.7 Å². The van der Waals surface area contributed by atoms with Crippen LogP contribution in [-0.2, 0) is 24.5 Å². The molecule has 0 aliphatic rings. The molecule has 1 aromatic heterocycles. The number of ether oxygens (including phenoxy) is 2. The largest absolute Gasteiger partial charge is 0.488 e. The minimum atomic E-state index is 0.614. The third kappa shape index (κ3) is 4.63. The fourth-order valence-corrected chi connectivity index (χ4v) is 2.79. The van der Waals surface area contributed by atoms with Gasteiger partial charge in [-0.25, -0.2) is 0 Å². The maximum absolute atomic E-state index is 5.83. The van der Waals surface area contributed by atoms with Crippen LogP contribution in [0, 0.1) is 0 Å². The van der Waals surface area contributed by atoms with E-state index in [4.69, 9.17) is 9.47 Å². The van der Waals surface area contributed by atoms with Crippen molar-refractivity contribution in [1.29, 1.82) is 0 Å². The van der Waals surface area contributed by atoms with Gasteiger partial charge in [-0.1, -0.05) is 19.1 Å². The molecule has 0 spiro atoms. The second kappa shape index (κ2) is 8.04. The van der Waals surface area contributed by atoms with Crippen molar-refractivity contribution in [3.63, 3.8) is 0 Å². The summed E-state index contributed by atoms with van der Waals surface area (Å²) in [6.45, 7) is 5.28. The summed E-state index contributed by atoms with van der Waals surface area (Å²) >= 11 is 1.79. The Morgan fingerprint density at radius 1 is 1.10 bits per heavy atom. The van der Waals surface area contributed by atoms with Gasteiger partial charge in [0.15, 0.2) is 0 Å². The maximum atomic E-state index is 5.83. The first-order valence-electron chi connectivity index (χ1n) is 6.80. The number of benzene rings is 1. The molecule has 0 saturated carbocycles. The Bertz CT molecular complexity index is 525. The van der Waals surface area contributed by atoms with E-state index in [1.54, 1.807) is 18.4 Å². The Kier molecular flexibility index (Phi) is 6.05. The van der Waals surface area contributed by atoms with Crippen molar-refractivity contribution in [2.75, 3.05) is 13.7 Å². The summed E-state index contributed by atoms with van der Waals surface area (Å²) in [7, 11) is 1.70. The first-order chi connectivity index (χ1) is 9.81. The van der Waals surface area contributed by atoms with Gasteiger partial charge in [-0.15, -0.1) is 11.3 Å². The summed E-state index contributed by atoms with van der Waals surface area (Å²) in [5.74, 6) is 0.890. The van der Waals surface area contributed by atoms with Gasteiger partial charge in [-0.05, 0) is 36.4 Å². The molecule has 0 fully saturated rings. The number of thiophene rings is 1. The molecular weight excluding hydrogens is 270 g/mol. The highest BCUT2D eigenvalue weighted by molar-refractivity contribution is 7.11. The zero-order valence-electron chi connectivity index (χ0n) is 12.0. The number of methoxy groups -OCH3 is 1. The van der Waals surface area contributed by atoms with Crippen LogP contribution in [0.25, 0.3) is 0 Å². The summed E-state index contributed by atoms with van der Waals surface area (Å²) in [6.07, 6.45) is 0. The Balaban J connectivity index is 1.88. The fraction of sp³-hybridized carbons (Fsp3) is 0.375. The lowest BCUT2D eigenvalue weighted by molar-refractivity contribution is 0.184.